The first-order valence-electron chi connectivity index (χ1n) is 4.26. The number of rotatable bonds is 3. The standard InChI is InChI=1S/C9H14O3/c1-4-12-9(11)8-5(2)7(8)6(3)10/h5,7-8H,4H2,1-3H3/t5-,7+,8+/m0/s1. The van der Waals surface area contributed by atoms with Gasteiger partial charge in [0.15, 0.2) is 0 Å². The number of Topliss-reactive ketones (excluding diaryl/α,β-unsaturated/α-hetero) is 1. The van der Waals surface area contributed by atoms with Crippen molar-refractivity contribution >= 4 is 11.8 Å². The summed E-state index contributed by atoms with van der Waals surface area (Å²) in [6, 6.07) is 0. The summed E-state index contributed by atoms with van der Waals surface area (Å²) in [6.45, 7) is 5.61. The van der Waals surface area contributed by atoms with Crippen molar-refractivity contribution in [2.45, 2.75) is 20.8 Å². The van der Waals surface area contributed by atoms with Crippen LogP contribution in [0.1, 0.15) is 20.8 Å². The quantitative estimate of drug-likeness (QED) is 0.594. The Morgan fingerprint density at radius 3 is 2.25 bits per heavy atom. The highest BCUT2D eigenvalue weighted by Gasteiger charge is 2.55. The Bertz CT molecular complexity index is 210. The van der Waals surface area contributed by atoms with E-state index < -0.39 is 0 Å². The van der Waals surface area contributed by atoms with Crippen molar-refractivity contribution in [1.29, 1.82) is 0 Å². The van der Waals surface area contributed by atoms with Crippen LogP contribution in [0.15, 0.2) is 0 Å². The van der Waals surface area contributed by atoms with E-state index in [4.69, 9.17) is 4.74 Å². The minimum absolute atomic E-state index is 0.0796. The van der Waals surface area contributed by atoms with Gasteiger partial charge in [-0.15, -0.1) is 0 Å². The van der Waals surface area contributed by atoms with Gasteiger partial charge in [0, 0.05) is 5.92 Å². The first kappa shape index (κ1) is 9.23. The molecule has 0 aromatic rings. The SMILES string of the molecule is CCOC(=O)[C@@H]1[C@@H](C)[C@@H]1C(C)=O. The number of esters is 1. The van der Waals surface area contributed by atoms with E-state index in [9.17, 15) is 9.59 Å². The molecule has 0 radical (unpaired) electrons. The summed E-state index contributed by atoms with van der Waals surface area (Å²) in [5, 5.41) is 0. The molecule has 3 atom stereocenters. The molecule has 0 amide bonds. The van der Waals surface area contributed by atoms with Crippen molar-refractivity contribution in [3.63, 3.8) is 0 Å². The lowest BCUT2D eigenvalue weighted by atomic mass is 10.2. The zero-order valence-corrected chi connectivity index (χ0v) is 7.66. The Kier molecular flexibility index (Phi) is 2.50. The van der Waals surface area contributed by atoms with Crippen molar-refractivity contribution in [3.8, 4) is 0 Å². The highest BCUT2D eigenvalue weighted by molar-refractivity contribution is 5.90. The zero-order valence-electron chi connectivity index (χ0n) is 7.66. The van der Waals surface area contributed by atoms with E-state index in [1.54, 1.807) is 6.92 Å². The van der Waals surface area contributed by atoms with Crippen molar-refractivity contribution < 1.29 is 14.3 Å². The summed E-state index contributed by atoms with van der Waals surface area (Å²) in [4.78, 5) is 22.1. The second-order valence-electron chi connectivity index (χ2n) is 3.27. The Morgan fingerprint density at radius 1 is 1.33 bits per heavy atom. The maximum absolute atomic E-state index is 11.2. The van der Waals surface area contributed by atoms with Gasteiger partial charge in [0.1, 0.15) is 5.78 Å². The molecule has 1 fully saturated rings. The number of hydrogen-bond donors (Lipinski definition) is 0. The number of ether oxygens (including phenoxy) is 1. The molecule has 0 aromatic heterocycles. The van der Waals surface area contributed by atoms with Crippen LogP contribution in [-0.4, -0.2) is 18.4 Å². The fraction of sp³-hybridized carbons (Fsp3) is 0.778. The topological polar surface area (TPSA) is 43.4 Å². The van der Waals surface area contributed by atoms with Crippen molar-refractivity contribution in [1.82, 2.24) is 0 Å². The number of carbonyl (C=O) groups is 2. The molecule has 1 aliphatic rings. The van der Waals surface area contributed by atoms with Crippen LogP contribution >= 0.6 is 0 Å². The van der Waals surface area contributed by atoms with E-state index in [-0.39, 0.29) is 29.5 Å². The third kappa shape index (κ3) is 1.49. The lowest BCUT2D eigenvalue weighted by Crippen LogP contribution is -2.10. The lowest BCUT2D eigenvalue weighted by molar-refractivity contribution is -0.146. The maximum atomic E-state index is 11.2. The third-order valence-corrected chi connectivity index (χ3v) is 2.41. The molecule has 3 nitrogen and oxygen atoms in total. The average Bonchev–Trinajstić information content (AvgIpc) is 2.62. The lowest BCUT2D eigenvalue weighted by Gasteiger charge is -1.98. The molecule has 1 saturated carbocycles. The second kappa shape index (κ2) is 3.25. The number of carbonyl (C=O) groups excluding carboxylic acids is 2. The van der Waals surface area contributed by atoms with E-state index in [1.807, 2.05) is 6.92 Å². The van der Waals surface area contributed by atoms with Gasteiger partial charge in [-0.05, 0) is 19.8 Å². The zero-order chi connectivity index (χ0) is 9.30. The molecule has 1 rings (SSSR count). The summed E-state index contributed by atoms with van der Waals surface area (Å²) in [7, 11) is 0. The van der Waals surface area contributed by atoms with Crippen LogP contribution in [0, 0.1) is 17.8 Å². The van der Waals surface area contributed by atoms with Gasteiger partial charge < -0.3 is 4.74 Å². The molecule has 3 heteroatoms. The van der Waals surface area contributed by atoms with Gasteiger partial charge in [-0.2, -0.15) is 0 Å². The minimum atomic E-state index is -0.217. The average molecular weight is 170 g/mol. The monoisotopic (exact) mass is 170 g/mol. The van der Waals surface area contributed by atoms with E-state index in [0.717, 1.165) is 0 Å². The van der Waals surface area contributed by atoms with Crippen LogP contribution in [0.2, 0.25) is 0 Å². The molecule has 0 saturated heterocycles. The van der Waals surface area contributed by atoms with Gasteiger partial charge in [-0.1, -0.05) is 6.92 Å². The van der Waals surface area contributed by atoms with Gasteiger partial charge >= 0.3 is 5.97 Å². The molecule has 0 N–H and O–H groups in total. The first-order valence-corrected chi connectivity index (χ1v) is 4.26. The molecule has 0 bridgehead atoms. The van der Waals surface area contributed by atoms with Crippen LogP contribution in [0.4, 0.5) is 0 Å². The summed E-state index contributed by atoms with van der Waals surface area (Å²) >= 11 is 0. The fourth-order valence-corrected chi connectivity index (χ4v) is 1.69. The normalized spacial score (nSPS) is 32.8. The van der Waals surface area contributed by atoms with E-state index in [1.165, 1.54) is 6.92 Å². The molecular formula is C9H14O3. The largest absolute Gasteiger partial charge is 0.466 e. The van der Waals surface area contributed by atoms with Gasteiger partial charge in [0.05, 0.1) is 12.5 Å². The number of ketones is 1. The predicted octanol–water partition coefficient (Wildman–Crippen LogP) is 1.02. The smallest absolute Gasteiger partial charge is 0.309 e. The molecule has 0 unspecified atom stereocenters. The minimum Gasteiger partial charge on any atom is -0.466 e. The molecule has 0 heterocycles. The van der Waals surface area contributed by atoms with Gasteiger partial charge in [-0.3, -0.25) is 9.59 Å². The van der Waals surface area contributed by atoms with E-state index in [0.29, 0.717) is 6.61 Å². The summed E-state index contributed by atoms with van der Waals surface area (Å²) in [5.74, 6) is -0.182. The molecule has 0 spiro atoms. The highest BCUT2D eigenvalue weighted by atomic mass is 16.5. The molecule has 1 aliphatic carbocycles. The summed E-state index contributed by atoms with van der Waals surface area (Å²) < 4.78 is 4.83. The highest BCUT2D eigenvalue weighted by Crippen LogP contribution is 2.47. The van der Waals surface area contributed by atoms with Crippen LogP contribution in [0.3, 0.4) is 0 Å². The van der Waals surface area contributed by atoms with E-state index >= 15 is 0 Å². The van der Waals surface area contributed by atoms with Crippen LogP contribution in [-0.2, 0) is 14.3 Å². The van der Waals surface area contributed by atoms with Gasteiger partial charge in [0.2, 0.25) is 0 Å². The summed E-state index contributed by atoms with van der Waals surface area (Å²) in [6.07, 6.45) is 0. The van der Waals surface area contributed by atoms with Crippen LogP contribution < -0.4 is 0 Å². The van der Waals surface area contributed by atoms with Crippen molar-refractivity contribution in [3.05, 3.63) is 0 Å². The molecule has 68 valence electrons. The van der Waals surface area contributed by atoms with Crippen LogP contribution in [0.25, 0.3) is 0 Å². The second-order valence-corrected chi connectivity index (χ2v) is 3.27. The Labute approximate surface area is 72.1 Å². The Hall–Kier alpha value is -0.860. The molecule has 0 aromatic carbocycles. The fourth-order valence-electron chi connectivity index (χ4n) is 1.69. The number of hydrogen-bond acceptors (Lipinski definition) is 3. The third-order valence-electron chi connectivity index (χ3n) is 2.41. The molecule has 12 heavy (non-hydrogen) atoms. The van der Waals surface area contributed by atoms with Crippen molar-refractivity contribution in [2.75, 3.05) is 6.61 Å². The summed E-state index contributed by atoms with van der Waals surface area (Å²) in [5.41, 5.74) is 0. The predicted molar refractivity (Wildman–Crippen MR) is 43.5 cm³/mol. The molecular weight excluding hydrogens is 156 g/mol. The Morgan fingerprint density at radius 2 is 1.92 bits per heavy atom. The first-order chi connectivity index (χ1) is 5.59. The van der Waals surface area contributed by atoms with Gasteiger partial charge in [0.25, 0.3) is 0 Å². The van der Waals surface area contributed by atoms with Crippen LogP contribution in [0.5, 0.6) is 0 Å². The molecule has 0 aliphatic heterocycles. The van der Waals surface area contributed by atoms with Crippen molar-refractivity contribution in [2.24, 2.45) is 17.8 Å². The Balaban J connectivity index is 2.47. The van der Waals surface area contributed by atoms with E-state index in [2.05, 4.69) is 0 Å². The maximum Gasteiger partial charge on any atom is 0.309 e. The van der Waals surface area contributed by atoms with Gasteiger partial charge in [-0.25, -0.2) is 0 Å².